The van der Waals surface area contributed by atoms with Gasteiger partial charge in [-0.1, -0.05) is 77.1 Å². The third kappa shape index (κ3) is 3.48. The Morgan fingerprint density at radius 1 is 0.900 bits per heavy atom. The first-order chi connectivity index (χ1) is 18.7. The van der Waals surface area contributed by atoms with Crippen molar-refractivity contribution in [2.24, 2.45) is 56.7 Å². The van der Waals surface area contributed by atoms with E-state index in [-0.39, 0.29) is 27.6 Å². The molecular formula is C37H50O3. The van der Waals surface area contributed by atoms with Crippen molar-refractivity contribution in [2.45, 2.75) is 99.3 Å². The van der Waals surface area contributed by atoms with Gasteiger partial charge in [0.05, 0.1) is 5.41 Å². The van der Waals surface area contributed by atoms with Gasteiger partial charge >= 0.3 is 5.97 Å². The molecule has 0 heterocycles. The summed E-state index contributed by atoms with van der Waals surface area (Å²) in [5.74, 6) is 1.60. The summed E-state index contributed by atoms with van der Waals surface area (Å²) in [4.78, 5) is 26.9. The summed E-state index contributed by atoms with van der Waals surface area (Å²) in [5, 5.41) is 10.6. The Labute approximate surface area is 241 Å². The number of rotatable bonds is 3. The molecule has 5 fully saturated rings. The van der Waals surface area contributed by atoms with Crippen LogP contribution in [0.4, 0.5) is 0 Å². The zero-order valence-corrected chi connectivity index (χ0v) is 25.7. The molecule has 1 aromatic rings. The van der Waals surface area contributed by atoms with E-state index >= 15 is 0 Å². The van der Waals surface area contributed by atoms with Crippen molar-refractivity contribution in [3.8, 4) is 0 Å². The van der Waals surface area contributed by atoms with E-state index in [1.165, 1.54) is 5.57 Å². The van der Waals surface area contributed by atoms with Gasteiger partial charge in [0.15, 0.2) is 5.78 Å². The number of carboxylic acids is 1. The third-order valence-electron chi connectivity index (χ3n) is 14.2. The van der Waals surface area contributed by atoms with Crippen molar-refractivity contribution in [1.82, 2.24) is 0 Å². The van der Waals surface area contributed by atoms with Gasteiger partial charge in [-0.05, 0) is 128 Å². The molecule has 5 aliphatic carbocycles. The van der Waals surface area contributed by atoms with Crippen LogP contribution in [0.25, 0.3) is 6.08 Å². The van der Waals surface area contributed by atoms with Crippen molar-refractivity contribution in [3.05, 3.63) is 53.6 Å². The summed E-state index contributed by atoms with van der Waals surface area (Å²) in [6, 6.07) is 10.3. The molecule has 40 heavy (non-hydrogen) atoms. The lowest BCUT2D eigenvalue weighted by Gasteiger charge is -2.72. The Morgan fingerprint density at radius 3 is 2.25 bits per heavy atom. The summed E-state index contributed by atoms with van der Waals surface area (Å²) >= 11 is 0. The van der Waals surface area contributed by atoms with Gasteiger partial charge in [0, 0.05) is 5.41 Å². The maximum absolute atomic E-state index is 14.0. The number of benzene rings is 1. The van der Waals surface area contributed by atoms with Crippen molar-refractivity contribution in [2.75, 3.05) is 0 Å². The minimum absolute atomic E-state index is 0.0454. The molecule has 0 radical (unpaired) electrons. The van der Waals surface area contributed by atoms with E-state index in [1.54, 1.807) is 0 Å². The van der Waals surface area contributed by atoms with E-state index < -0.39 is 11.4 Å². The molecule has 1 N–H and O–H groups in total. The van der Waals surface area contributed by atoms with Crippen LogP contribution in [0, 0.1) is 56.7 Å². The number of allylic oxidation sites excluding steroid dienone is 2. The summed E-state index contributed by atoms with van der Waals surface area (Å²) in [6.45, 7) is 18.6. The van der Waals surface area contributed by atoms with Crippen LogP contribution in [-0.2, 0) is 9.59 Å². The predicted molar refractivity (Wildman–Crippen MR) is 161 cm³/mol. The molecule has 0 amide bonds. The number of hydrogen-bond acceptors (Lipinski definition) is 2. The first-order valence-corrected chi connectivity index (χ1v) is 15.9. The first kappa shape index (κ1) is 28.0. The van der Waals surface area contributed by atoms with Crippen LogP contribution in [0.15, 0.2) is 48.1 Å². The average Bonchev–Trinajstić information content (AvgIpc) is 3.30. The first-order valence-electron chi connectivity index (χ1n) is 15.9. The molecule has 0 unspecified atom stereocenters. The highest BCUT2D eigenvalue weighted by Crippen LogP contribution is 2.77. The summed E-state index contributed by atoms with van der Waals surface area (Å²) in [6.07, 6.45) is 11.1. The SMILES string of the molecule is C=C(C)[C@@H]1CC[C@]2(C(=O)O)CC[C@]3(C)[C@H](CC[C@@H]4[C@@]5(C)C/C(=C/c6ccccc6)C(=O)C(C)(C)[C@H]5CC[C@]43C)[C@H]12. The number of aliphatic carboxylic acids is 1. The fraction of sp³-hybridized carbons (Fsp3) is 0.676. The second-order valence-electron chi connectivity index (χ2n) is 16.0. The fourth-order valence-electron chi connectivity index (χ4n) is 12.2. The lowest BCUT2D eigenvalue weighted by atomic mass is 9.32. The summed E-state index contributed by atoms with van der Waals surface area (Å²) < 4.78 is 0. The lowest BCUT2D eigenvalue weighted by molar-refractivity contribution is -0.231. The quantitative estimate of drug-likeness (QED) is 0.306. The van der Waals surface area contributed by atoms with Gasteiger partial charge in [0.1, 0.15) is 0 Å². The highest BCUT2D eigenvalue weighted by atomic mass is 16.4. The number of carboxylic acid groups (broad SMARTS) is 1. The van der Waals surface area contributed by atoms with E-state index in [0.29, 0.717) is 29.5 Å². The molecule has 9 atom stereocenters. The average molecular weight is 543 g/mol. The highest BCUT2D eigenvalue weighted by molar-refractivity contribution is 6.04. The van der Waals surface area contributed by atoms with Crippen LogP contribution in [0.3, 0.4) is 0 Å². The molecule has 5 aliphatic rings. The van der Waals surface area contributed by atoms with E-state index in [4.69, 9.17) is 0 Å². The minimum atomic E-state index is -0.580. The molecule has 0 aliphatic heterocycles. The van der Waals surface area contributed by atoms with Crippen molar-refractivity contribution in [3.63, 3.8) is 0 Å². The van der Waals surface area contributed by atoms with E-state index in [9.17, 15) is 14.7 Å². The zero-order chi connectivity index (χ0) is 28.9. The van der Waals surface area contributed by atoms with Crippen LogP contribution >= 0.6 is 0 Å². The van der Waals surface area contributed by atoms with E-state index in [0.717, 1.165) is 68.9 Å². The number of ketones is 1. The molecule has 0 spiro atoms. The molecule has 5 saturated carbocycles. The van der Waals surface area contributed by atoms with E-state index in [1.807, 2.05) is 6.07 Å². The molecule has 6 rings (SSSR count). The third-order valence-corrected chi connectivity index (χ3v) is 14.2. The van der Waals surface area contributed by atoms with Crippen molar-refractivity contribution >= 4 is 17.8 Å². The van der Waals surface area contributed by atoms with Crippen LogP contribution in [0.2, 0.25) is 0 Å². The largest absolute Gasteiger partial charge is 0.481 e. The topological polar surface area (TPSA) is 54.4 Å². The second-order valence-corrected chi connectivity index (χ2v) is 16.0. The monoisotopic (exact) mass is 542 g/mol. The molecule has 3 heteroatoms. The zero-order valence-electron chi connectivity index (χ0n) is 25.7. The predicted octanol–water partition coefficient (Wildman–Crippen LogP) is 8.99. The summed E-state index contributed by atoms with van der Waals surface area (Å²) in [7, 11) is 0. The Bertz CT molecular complexity index is 1270. The van der Waals surface area contributed by atoms with Gasteiger partial charge in [-0.25, -0.2) is 0 Å². The Kier molecular flexibility index (Phi) is 6.24. The Morgan fingerprint density at radius 2 is 1.60 bits per heavy atom. The van der Waals surface area contributed by atoms with Gasteiger partial charge in [-0.2, -0.15) is 0 Å². The normalized spacial score (nSPS) is 46.6. The van der Waals surface area contributed by atoms with Crippen molar-refractivity contribution < 1.29 is 14.7 Å². The van der Waals surface area contributed by atoms with Gasteiger partial charge in [-0.3, -0.25) is 9.59 Å². The van der Waals surface area contributed by atoms with Gasteiger partial charge in [-0.15, -0.1) is 0 Å². The van der Waals surface area contributed by atoms with Crippen LogP contribution < -0.4 is 0 Å². The molecule has 0 aromatic heterocycles. The van der Waals surface area contributed by atoms with Crippen LogP contribution in [0.5, 0.6) is 0 Å². The minimum Gasteiger partial charge on any atom is -0.481 e. The van der Waals surface area contributed by atoms with Gasteiger partial charge in [0.25, 0.3) is 0 Å². The maximum atomic E-state index is 14.0. The molecule has 1 aromatic carbocycles. The summed E-state index contributed by atoms with van der Waals surface area (Å²) in [5.41, 5.74) is 2.60. The van der Waals surface area contributed by atoms with Crippen molar-refractivity contribution in [1.29, 1.82) is 0 Å². The van der Waals surface area contributed by atoms with Crippen LogP contribution in [0.1, 0.15) is 105 Å². The fourth-order valence-corrected chi connectivity index (χ4v) is 12.2. The molecule has 216 valence electrons. The molecule has 0 bridgehead atoms. The highest BCUT2D eigenvalue weighted by Gasteiger charge is 2.72. The number of fused-ring (bicyclic) bond motifs is 7. The van der Waals surface area contributed by atoms with Crippen LogP contribution in [-0.4, -0.2) is 16.9 Å². The van der Waals surface area contributed by atoms with Gasteiger partial charge in [0.2, 0.25) is 0 Å². The van der Waals surface area contributed by atoms with Gasteiger partial charge < -0.3 is 5.11 Å². The number of carbonyl (C=O) groups is 2. The Balaban J connectivity index is 1.42. The lowest BCUT2D eigenvalue weighted by Crippen LogP contribution is -2.67. The standard InChI is InChI=1S/C37H50O3/c1-23(2)26-15-18-37(32(39)40)20-19-35(6)27(30(26)37)13-14-29-34(5)22-25(21-24-11-9-8-10-12-24)31(38)33(3,4)28(34)16-17-36(29,35)7/h8-12,21,26-30H,1,13-20,22H2,2-7H3,(H,39,40)/b25-21-/t26-,27+,28+,29+,30-,34-,35+,36+,37-/m0/s1. The van der Waals surface area contributed by atoms with E-state index in [2.05, 4.69) is 78.5 Å². The second kappa shape index (κ2) is 8.92. The molecule has 0 saturated heterocycles. The molecular weight excluding hydrogens is 492 g/mol. The molecule has 3 nitrogen and oxygen atoms in total. The smallest absolute Gasteiger partial charge is 0.309 e. The number of hydrogen-bond donors (Lipinski definition) is 1. The Hall–Kier alpha value is -2.16. The number of Topliss-reactive ketones (excluding diaryl/α,β-unsaturated/α-hetero) is 1. The maximum Gasteiger partial charge on any atom is 0.309 e. The number of carbonyl (C=O) groups excluding carboxylic acids is 1.